The summed E-state index contributed by atoms with van der Waals surface area (Å²) in [5, 5.41) is 27.4. The van der Waals surface area contributed by atoms with Crippen LogP contribution in [-0.4, -0.2) is 43.5 Å². The third-order valence-electron chi connectivity index (χ3n) is 8.81. The summed E-state index contributed by atoms with van der Waals surface area (Å²) >= 11 is 6.83. The Morgan fingerprint density at radius 2 is 1.74 bits per heavy atom. The van der Waals surface area contributed by atoms with Crippen molar-refractivity contribution in [3.8, 4) is 6.07 Å². The predicted molar refractivity (Wildman–Crippen MR) is 181 cm³/mol. The van der Waals surface area contributed by atoms with Crippen molar-refractivity contribution in [2.45, 2.75) is 64.2 Å². The van der Waals surface area contributed by atoms with Gasteiger partial charge >= 0.3 is 0 Å². The number of nitrogens with zero attached hydrogens (tertiary/aromatic N) is 6. The van der Waals surface area contributed by atoms with Gasteiger partial charge in [0.15, 0.2) is 0 Å². The monoisotopic (exact) mass is 636 g/mol. The number of nitriles is 1. The van der Waals surface area contributed by atoms with Crippen LogP contribution in [0.2, 0.25) is 5.02 Å². The van der Waals surface area contributed by atoms with Gasteiger partial charge in [0.1, 0.15) is 17.6 Å². The maximum atomic E-state index is 14.0. The fourth-order valence-corrected chi connectivity index (χ4v) is 6.47. The smallest absolute Gasteiger partial charge is 0.123 e. The minimum Gasteiger partial charge on any atom is -0.377 e. The molecule has 236 valence electrons. The molecular weight excluding hydrogens is 599 g/mol. The van der Waals surface area contributed by atoms with Gasteiger partial charge in [-0.25, -0.2) is 9.07 Å². The van der Waals surface area contributed by atoms with E-state index in [1.54, 1.807) is 6.07 Å². The molecule has 2 aromatic heterocycles. The third-order valence-corrected chi connectivity index (χ3v) is 9.10. The first-order valence-electron chi connectivity index (χ1n) is 15.6. The van der Waals surface area contributed by atoms with E-state index < -0.39 is 0 Å². The molecule has 2 N–H and O–H groups in total. The average Bonchev–Trinajstić information content (AvgIpc) is 3.54. The number of aromatic nitrogens is 4. The van der Waals surface area contributed by atoms with E-state index in [0.29, 0.717) is 27.2 Å². The average molecular weight is 637 g/mol. The van der Waals surface area contributed by atoms with E-state index in [4.69, 9.17) is 11.6 Å². The van der Waals surface area contributed by atoms with E-state index in [2.05, 4.69) is 69.8 Å². The molecule has 0 saturated carbocycles. The summed E-state index contributed by atoms with van der Waals surface area (Å²) in [4.78, 5) is 7.03. The number of pyridine rings is 1. The second-order valence-corrected chi connectivity index (χ2v) is 13.3. The van der Waals surface area contributed by atoms with Crippen LogP contribution in [0.25, 0.3) is 10.9 Å². The van der Waals surface area contributed by atoms with Gasteiger partial charge in [-0.2, -0.15) is 5.26 Å². The van der Waals surface area contributed by atoms with Crippen LogP contribution in [0.15, 0.2) is 79.1 Å². The number of hydrogen-bond donors (Lipinski definition) is 2. The fraction of sp³-hybridized carbons (Fsp3) is 0.333. The molecular formula is C36H38ClFN8. The molecule has 0 spiro atoms. The van der Waals surface area contributed by atoms with Crippen molar-refractivity contribution >= 4 is 33.9 Å². The number of anilines is 2. The van der Waals surface area contributed by atoms with Gasteiger partial charge in [-0.3, -0.25) is 9.88 Å². The van der Waals surface area contributed by atoms with Crippen molar-refractivity contribution in [1.29, 1.82) is 5.26 Å². The number of hydrogen-bond acceptors (Lipinski definition) is 7. The first-order chi connectivity index (χ1) is 22.1. The van der Waals surface area contributed by atoms with Crippen molar-refractivity contribution in [3.05, 3.63) is 112 Å². The molecule has 0 amide bonds. The largest absolute Gasteiger partial charge is 0.377 e. The Morgan fingerprint density at radius 3 is 2.43 bits per heavy atom. The minimum absolute atomic E-state index is 0.151. The van der Waals surface area contributed by atoms with Crippen molar-refractivity contribution < 1.29 is 4.39 Å². The molecule has 10 heteroatoms. The molecule has 1 aliphatic heterocycles. The van der Waals surface area contributed by atoms with Crippen molar-refractivity contribution in [2.75, 3.05) is 23.7 Å². The maximum absolute atomic E-state index is 14.0. The number of fused-ring (bicyclic) bond motifs is 1. The number of benzene rings is 3. The summed E-state index contributed by atoms with van der Waals surface area (Å²) < 4.78 is 16.0. The second-order valence-electron chi connectivity index (χ2n) is 12.9. The van der Waals surface area contributed by atoms with E-state index in [9.17, 15) is 9.65 Å². The van der Waals surface area contributed by atoms with Gasteiger partial charge < -0.3 is 10.6 Å². The topological polar surface area (TPSA) is 94.7 Å². The highest BCUT2D eigenvalue weighted by molar-refractivity contribution is 6.35. The van der Waals surface area contributed by atoms with Crippen molar-refractivity contribution in [3.63, 3.8) is 0 Å². The Balaban J connectivity index is 1.33. The molecule has 0 radical (unpaired) electrons. The number of rotatable bonds is 8. The molecule has 5 aromatic rings. The molecule has 1 aliphatic rings. The zero-order chi connectivity index (χ0) is 32.4. The maximum Gasteiger partial charge on any atom is 0.123 e. The summed E-state index contributed by atoms with van der Waals surface area (Å²) in [6, 6.07) is 22.2. The minimum atomic E-state index is -0.319. The van der Waals surface area contributed by atoms with Crippen LogP contribution in [-0.2, 0) is 0 Å². The lowest BCUT2D eigenvalue weighted by Crippen LogP contribution is -2.46. The molecule has 8 nitrogen and oxygen atoms in total. The standard InChI is InChI=1S/C36H38ClFN8/c1-23(25-11-8-12-27(38)17-25)41-33-26(20-39)21-40-35-30(33)18-28(19-31(35)37)42-34(24-9-6-5-7-10-24)32-22-46(44-43-32)29-13-15-45(16-14-29)36(2,3)4/h5-12,17-19,21-23,29,34,42H,13-16H2,1-4H3,(H,40,41). The summed E-state index contributed by atoms with van der Waals surface area (Å²) in [5.41, 5.74) is 4.96. The highest BCUT2D eigenvalue weighted by Gasteiger charge is 2.29. The molecule has 2 unspecified atom stereocenters. The summed E-state index contributed by atoms with van der Waals surface area (Å²) in [6.45, 7) is 10.7. The summed E-state index contributed by atoms with van der Waals surface area (Å²) in [6.07, 6.45) is 5.59. The molecule has 3 heterocycles. The van der Waals surface area contributed by atoms with Crippen LogP contribution in [0, 0.1) is 17.1 Å². The Labute approximate surface area is 274 Å². The lowest BCUT2D eigenvalue weighted by Gasteiger charge is -2.40. The quantitative estimate of drug-likeness (QED) is 0.177. The highest BCUT2D eigenvalue weighted by atomic mass is 35.5. The first-order valence-corrected chi connectivity index (χ1v) is 16.0. The molecule has 6 rings (SSSR count). The van der Waals surface area contributed by atoms with E-state index >= 15 is 0 Å². The van der Waals surface area contributed by atoms with E-state index in [1.807, 2.05) is 54.2 Å². The van der Waals surface area contributed by atoms with Gasteiger partial charge in [-0.05, 0) is 75.9 Å². The number of likely N-dealkylation sites (tertiary alicyclic amines) is 1. The Bertz CT molecular complexity index is 1870. The number of nitrogens with one attached hydrogen (secondary N) is 2. The zero-order valence-corrected chi connectivity index (χ0v) is 27.3. The fourth-order valence-electron chi connectivity index (χ4n) is 6.20. The van der Waals surface area contributed by atoms with E-state index in [0.717, 1.165) is 48.4 Å². The number of piperidine rings is 1. The van der Waals surface area contributed by atoms with E-state index in [-0.39, 0.29) is 29.5 Å². The van der Waals surface area contributed by atoms with Crippen LogP contribution < -0.4 is 10.6 Å². The van der Waals surface area contributed by atoms with Crippen LogP contribution in [0.5, 0.6) is 0 Å². The van der Waals surface area contributed by atoms with Gasteiger partial charge in [-0.15, -0.1) is 5.10 Å². The molecule has 0 bridgehead atoms. The molecule has 3 aromatic carbocycles. The SMILES string of the molecule is CC(Nc1c(C#N)cnc2c(Cl)cc(NC(c3ccccc3)c3cn(C4CCN(C(C)(C)C)CC4)nn3)cc12)c1cccc(F)c1. The molecule has 1 fully saturated rings. The summed E-state index contributed by atoms with van der Waals surface area (Å²) in [7, 11) is 0. The Kier molecular flexibility index (Phi) is 8.94. The summed E-state index contributed by atoms with van der Waals surface area (Å²) in [5.74, 6) is -0.319. The lowest BCUT2D eigenvalue weighted by atomic mass is 9.98. The Morgan fingerprint density at radius 1 is 1.00 bits per heavy atom. The van der Waals surface area contributed by atoms with Gasteiger partial charge in [0.2, 0.25) is 0 Å². The van der Waals surface area contributed by atoms with Gasteiger partial charge in [0, 0.05) is 41.9 Å². The lowest BCUT2D eigenvalue weighted by molar-refractivity contribution is 0.0866. The van der Waals surface area contributed by atoms with Crippen molar-refractivity contribution in [1.82, 2.24) is 24.9 Å². The molecule has 46 heavy (non-hydrogen) atoms. The van der Waals surface area contributed by atoms with Crippen LogP contribution in [0.4, 0.5) is 15.8 Å². The third kappa shape index (κ3) is 6.69. The van der Waals surface area contributed by atoms with Crippen LogP contribution in [0.1, 0.15) is 81.0 Å². The van der Waals surface area contributed by atoms with Crippen molar-refractivity contribution in [2.24, 2.45) is 0 Å². The Hall–Kier alpha value is -4.52. The van der Waals surface area contributed by atoms with Crippen LogP contribution >= 0.6 is 11.6 Å². The zero-order valence-electron chi connectivity index (χ0n) is 26.5. The molecule has 2 atom stereocenters. The molecule has 0 aliphatic carbocycles. The van der Waals surface area contributed by atoms with Crippen LogP contribution in [0.3, 0.4) is 0 Å². The first kappa shape index (κ1) is 31.5. The van der Waals surface area contributed by atoms with Gasteiger partial charge in [0.25, 0.3) is 0 Å². The molecule has 1 saturated heterocycles. The van der Waals surface area contributed by atoms with E-state index in [1.165, 1.54) is 18.3 Å². The van der Waals surface area contributed by atoms with Gasteiger partial charge in [-0.1, -0.05) is 59.3 Å². The second kappa shape index (κ2) is 13.1. The number of halogens is 2. The highest BCUT2D eigenvalue weighted by Crippen LogP contribution is 2.37. The predicted octanol–water partition coefficient (Wildman–Crippen LogP) is 8.30. The van der Waals surface area contributed by atoms with Gasteiger partial charge in [0.05, 0.1) is 40.1 Å². The normalized spacial score (nSPS) is 15.8.